The number of rotatable bonds is 3. The molecule has 1 aromatic carbocycles. The van der Waals surface area contributed by atoms with Crippen LogP contribution in [0.1, 0.15) is 18.7 Å². The highest BCUT2D eigenvalue weighted by Gasteiger charge is 2.32. The second kappa shape index (κ2) is 4.66. The van der Waals surface area contributed by atoms with Crippen LogP contribution in [0, 0.1) is 5.82 Å². The molecule has 1 aromatic heterocycles. The maximum absolute atomic E-state index is 13.1. The zero-order chi connectivity index (χ0) is 12.5. The molecule has 0 amide bonds. The normalized spacial score (nSPS) is 23.9. The van der Waals surface area contributed by atoms with E-state index >= 15 is 0 Å². The Morgan fingerprint density at radius 1 is 1.44 bits per heavy atom. The number of hydrogen-bond donors (Lipinski definition) is 1. The van der Waals surface area contributed by atoms with Gasteiger partial charge in [-0.3, -0.25) is 0 Å². The fourth-order valence-electron chi connectivity index (χ4n) is 2.34. The highest BCUT2D eigenvalue weighted by atomic mass is 19.1. The van der Waals surface area contributed by atoms with Crippen molar-refractivity contribution < 1.29 is 13.5 Å². The minimum Gasteiger partial charge on any atom is -0.440 e. The maximum atomic E-state index is 13.1. The second-order valence-electron chi connectivity index (χ2n) is 4.47. The van der Waals surface area contributed by atoms with Crippen LogP contribution < -0.4 is 5.32 Å². The van der Waals surface area contributed by atoms with Gasteiger partial charge in [0.1, 0.15) is 11.3 Å². The van der Waals surface area contributed by atoms with E-state index < -0.39 is 0 Å². The molecule has 2 atom stereocenters. The van der Waals surface area contributed by atoms with Gasteiger partial charge in [0.25, 0.3) is 0 Å². The number of oxazole rings is 1. The van der Waals surface area contributed by atoms with Gasteiger partial charge in [0, 0.05) is 12.1 Å². The molecular formula is C13H15FN2O2. The summed E-state index contributed by atoms with van der Waals surface area (Å²) in [4.78, 5) is 4.41. The van der Waals surface area contributed by atoms with E-state index in [9.17, 15) is 4.39 Å². The zero-order valence-electron chi connectivity index (χ0n) is 10.1. The molecule has 1 aliphatic heterocycles. The summed E-state index contributed by atoms with van der Waals surface area (Å²) < 4.78 is 24.2. The minimum atomic E-state index is -0.309. The van der Waals surface area contributed by atoms with Crippen LogP contribution in [0.15, 0.2) is 22.6 Å². The lowest BCUT2D eigenvalue weighted by Crippen LogP contribution is -2.34. The van der Waals surface area contributed by atoms with Gasteiger partial charge in [-0.2, -0.15) is 0 Å². The van der Waals surface area contributed by atoms with E-state index in [1.807, 2.05) is 0 Å². The van der Waals surface area contributed by atoms with Crippen molar-refractivity contribution in [3.63, 3.8) is 0 Å². The van der Waals surface area contributed by atoms with E-state index in [0.717, 1.165) is 6.54 Å². The number of likely N-dealkylation sites (N-methyl/N-ethyl adjacent to an activating group) is 1. The number of hydrogen-bond acceptors (Lipinski definition) is 4. The Balaban J connectivity index is 1.93. The van der Waals surface area contributed by atoms with Crippen LogP contribution in [0.5, 0.6) is 0 Å². The molecule has 96 valence electrons. The molecule has 2 unspecified atom stereocenters. The molecule has 0 saturated carbocycles. The molecule has 1 fully saturated rings. The van der Waals surface area contributed by atoms with Gasteiger partial charge >= 0.3 is 0 Å². The lowest BCUT2D eigenvalue weighted by molar-refractivity contribution is 0.186. The fraction of sp³-hybridized carbons (Fsp3) is 0.462. The molecular weight excluding hydrogens is 235 g/mol. The maximum Gasteiger partial charge on any atom is 0.202 e. The van der Waals surface area contributed by atoms with E-state index in [-0.39, 0.29) is 17.8 Å². The summed E-state index contributed by atoms with van der Waals surface area (Å²) in [5, 5.41) is 3.35. The first-order chi connectivity index (χ1) is 8.78. The molecule has 4 nitrogen and oxygen atoms in total. The van der Waals surface area contributed by atoms with Crippen LogP contribution >= 0.6 is 0 Å². The Bertz CT molecular complexity index is 555. The molecule has 2 aromatic rings. The Kier molecular flexibility index (Phi) is 3.01. The molecule has 0 aliphatic carbocycles. The van der Waals surface area contributed by atoms with Gasteiger partial charge < -0.3 is 14.5 Å². The molecule has 0 radical (unpaired) electrons. The van der Waals surface area contributed by atoms with Crippen molar-refractivity contribution >= 4 is 11.1 Å². The SMILES string of the molecule is CCNC1COCC1c1nc2ccc(F)cc2o1. The third-order valence-corrected chi connectivity index (χ3v) is 3.23. The Morgan fingerprint density at radius 3 is 3.17 bits per heavy atom. The van der Waals surface area contributed by atoms with Crippen molar-refractivity contribution in [1.29, 1.82) is 0 Å². The molecule has 5 heteroatoms. The summed E-state index contributed by atoms with van der Waals surface area (Å²) in [5.74, 6) is 0.413. The fourth-order valence-corrected chi connectivity index (χ4v) is 2.34. The first-order valence-electron chi connectivity index (χ1n) is 6.15. The zero-order valence-corrected chi connectivity index (χ0v) is 10.1. The van der Waals surface area contributed by atoms with Gasteiger partial charge in [0.05, 0.1) is 19.1 Å². The number of benzene rings is 1. The van der Waals surface area contributed by atoms with Gasteiger partial charge in [-0.15, -0.1) is 0 Å². The highest BCUT2D eigenvalue weighted by Crippen LogP contribution is 2.28. The summed E-state index contributed by atoms with van der Waals surface area (Å²) in [5.41, 5.74) is 1.18. The summed E-state index contributed by atoms with van der Waals surface area (Å²) in [7, 11) is 0. The summed E-state index contributed by atoms with van der Waals surface area (Å²) in [6.45, 7) is 4.18. The number of ether oxygens (including phenoxy) is 1. The van der Waals surface area contributed by atoms with E-state index in [1.165, 1.54) is 12.1 Å². The molecule has 0 spiro atoms. The monoisotopic (exact) mass is 250 g/mol. The first kappa shape index (κ1) is 11.6. The number of halogens is 1. The average Bonchev–Trinajstić information content (AvgIpc) is 2.94. The molecule has 3 rings (SSSR count). The van der Waals surface area contributed by atoms with Crippen molar-refractivity contribution in [2.24, 2.45) is 0 Å². The predicted molar refractivity (Wildman–Crippen MR) is 65.0 cm³/mol. The van der Waals surface area contributed by atoms with E-state index in [2.05, 4.69) is 17.2 Å². The third kappa shape index (κ3) is 2.00. The van der Waals surface area contributed by atoms with Crippen molar-refractivity contribution in [1.82, 2.24) is 10.3 Å². The van der Waals surface area contributed by atoms with Crippen LogP contribution in [0.25, 0.3) is 11.1 Å². The Morgan fingerprint density at radius 2 is 2.33 bits per heavy atom. The molecule has 1 N–H and O–H groups in total. The first-order valence-corrected chi connectivity index (χ1v) is 6.15. The number of aromatic nitrogens is 1. The lowest BCUT2D eigenvalue weighted by Gasteiger charge is -2.14. The van der Waals surface area contributed by atoms with Crippen LogP contribution in [0.3, 0.4) is 0 Å². The quantitative estimate of drug-likeness (QED) is 0.905. The van der Waals surface area contributed by atoms with Gasteiger partial charge in [0.2, 0.25) is 5.89 Å². The van der Waals surface area contributed by atoms with E-state index in [4.69, 9.17) is 9.15 Å². The third-order valence-electron chi connectivity index (χ3n) is 3.23. The van der Waals surface area contributed by atoms with Crippen LogP contribution in [0.4, 0.5) is 4.39 Å². The smallest absolute Gasteiger partial charge is 0.202 e. The van der Waals surface area contributed by atoms with E-state index in [1.54, 1.807) is 6.07 Å². The molecule has 1 saturated heterocycles. The molecule has 1 aliphatic rings. The van der Waals surface area contributed by atoms with Gasteiger partial charge in [-0.1, -0.05) is 6.92 Å². The lowest BCUT2D eigenvalue weighted by atomic mass is 10.0. The van der Waals surface area contributed by atoms with Crippen LogP contribution in [0.2, 0.25) is 0 Å². The predicted octanol–water partition coefficient (Wildman–Crippen LogP) is 2.06. The largest absolute Gasteiger partial charge is 0.440 e. The number of fused-ring (bicyclic) bond motifs is 1. The summed E-state index contributed by atoms with van der Waals surface area (Å²) in [6, 6.07) is 4.61. The van der Waals surface area contributed by atoms with Crippen molar-refractivity contribution in [2.45, 2.75) is 18.9 Å². The van der Waals surface area contributed by atoms with Gasteiger partial charge in [-0.05, 0) is 18.7 Å². The number of nitrogens with zero attached hydrogens (tertiary/aromatic N) is 1. The summed E-state index contributed by atoms with van der Waals surface area (Å²) in [6.07, 6.45) is 0. The molecule has 2 heterocycles. The Hall–Kier alpha value is -1.46. The van der Waals surface area contributed by atoms with Crippen LogP contribution in [-0.4, -0.2) is 30.8 Å². The standard InChI is InChI=1S/C13H15FN2O2/c1-2-15-11-7-17-6-9(11)13-16-10-4-3-8(14)5-12(10)18-13/h3-5,9,11,15H,2,6-7H2,1H3. The molecule has 18 heavy (non-hydrogen) atoms. The summed E-state index contributed by atoms with van der Waals surface area (Å²) >= 11 is 0. The highest BCUT2D eigenvalue weighted by molar-refractivity contribution is 5.72. The average molecular weight is 250 g/mol. The number of nitrogens with one attached hydrogen (secondary N) is 1. The van der Waals surface area contributed by atoms with Crippen LogP contribution in [-0.2, 0) is 4.74 Å². The van der Waals surface area contributed by atoms with Gasteiger partial charge in [-0.25, -0.2) is 9.37 Å². The van der Waals surface area contributed by atoms with E-state index in [0.29, 0.717) is 30.2 Å². The van der Waals surface area contributed by atoms with Crippen molar-refractivity contribution in [3.05, 3.63) is 29.9 Å². The van der Waals surface area contributed by atoms with Crippen molar-refractivity contribution in [2.75, 3.05) is 19.8 Å². The van der Waals surface area contributed by atoms with Crippen molar-refractivity contribution in [3.8, 4) is 0 Å². The molecule has 0 bridgehead atoms. The second-order valence-corrected chi connectivity index (χ2v) is 4.47. The minimum absolute atomic E-state index is 0.0976. The Labute approximate surface area is 104 Å². The van der Waals surface area contributed by atoms with Gasteiger partial charge in [0.15, 0.2) is 5.58 Å². The topological polar surface area (TPSA) is 47.3 Å².